The van der Waals surface area contributed by atoms with Crippen LogP contribution in [0.5, 0.6) is 0 Å². The molecular formula is C12H18BrN3O. The van der Waals surface area contributed by atoms with Gasteiger partial charge in [0.1, 0.15) is 4.47 Å². The number of anilines is 1. The Hall–Kier alpha value is -0.840. The van der Waals surface area contributed by atoms with E-state index in [-0.39, 0.29) is 5.56 Å². The first kappa shape index (κ1) is 12.6. The number of hydrogen-bond acceptors (Lipinski definition) is 3. The van der Waals surface area contributed by atoms with Gasteiger partial charge in [0.15, 0.2) is 0 Å². The van der Waals surface area contributed by atoms with Gasteiger partial charge in [-0.25, -0.2) is 4.68 Å². The van der Waals surface area contributed by atoms with Gasteiger partial charge >= 0.3 is 0 Å². The lowest BCUT2D eigenvalue weighted by atomic mass is 10.2. The summed E-state index contributed by atoms with van der Waals surface area (Å²) < 4.78 is 2.08. The van der Waals surface area contributed by atoms with Gasteiger partial charge in [-0.1, -0.05) is 20.8 Å². The highest BCUT2D eigenvalue weighted by Gasteiger charge is 2.45. The Morgan fingerprint density at radius 3 is 2.82 bits per heavy atom. The third-order valence-electron chi connectivity index (χ3n) is 3.26. The molecule has 1 N–H and O–H groups in total. The molecule has 1 aromatic heterocycles. The molecule has 0 spiro atoms. The third-order valence-corrected chi connectivity index (χ3v) is 4.03. The Kier molecular flexibility index (Phi) is 3.30. The molecule has 0 amide bonds. The van der Waals surface area contributed by atoms with E-state index in [0.717, 1.165) is 18.5 Å². The molecule has 2 rings (SSSR count). The minimum atomic E-state index is -0.0599. The zero-order chi connectivity index (χ0) is 12.6. The first-order valence-corrected chi connectivity index (χ1v) is 6.77. The summed E-state index contributed by atoms with van der Waals surface area (Å²) in [6.45, 7) is 7.11. The normalized spacial score (nSPS) is 21.3. The molecule has 1 aliphatic carbocycles. The fraction of sp³-hybridized carbons (Fsp3) is 0.667. The van der Waals surface area contributed by atoms with Crippen LogP contribution in [-0.4, -0.2) is 15.8 Å². The van der Waals surface area contributed by atoms with E-state index >= 15 is 0 Å². The topological polar surface area (TPSA) is 46.9 Å². The van der Waals surface area contributed by atoms with Crippen LogP contribution in [-0.2, 0) is 6.54 Å². The fourth-order valence-corrected chi connectivity index (χ4v) is 2.26. The van der Waals surface area contributed by atoms with Gasteiger partial charge in [0, 0.05) is 12.6 Å². The summed E-state index contributed by atoms with van der Waals surface area (Å²) in [5.41, 5.74) is 1.07. The van der Waals surface area contributed by atoms with Crippen LogP contribution in [0, 0.1) is 5.41 Å². The summed E-state index contributed by atoms with van der Waals surface area (Å²) in [5, 5.41) is 7.53. The fourth-order valence-electron chi connectivity index (χ4n) is 1.84. The van der Waals surface area contributed by atoms with Crippen molar-refractivity contribution in [2.24, 2.45) is 5.41 Å². The van der Waals surface area contributed by atoms with Crippen LogP contribution in [0.3, 0.4) is 0 Å². The van der Waals surface area contributed by atoms with Crippen molar-refractivity contribution in [3.05, 3.63) is 21.0 Å². The summed E-state index contributed by atoms with van der Waals surface area (Å²) in [6, 6.07) is 0.446. The molecule has 5 heteroatoms. The van der Waals surface area contributed by atoms with Crippen LogP contribution in [0.2, 0.25) is 0 Å². The first-order valence-electron chi connectivity index (χ1n) is 5.98. The average Bonchev–Trinajstić information content (AvgIpc) is 2.86. The van der Waals surface area contributed by atoms with Gasteiger partial charge in [-0.05, 0) is 34.2 Å². The molecule has 0 bridgehead atoms. The maximum Gasteiger partial charge on any atom is 0.283 e. The second kappa shape index (κ2) is 4.44. The minimum absolute atomic E-state index is 0.0599. The van der Waals surface area contributed by atoms with Crippen LogP contribution < -0.4 is 10.9 Å². The van der Waals surface area contributed by atoms with E-state index in [1.807, 2.05) is 6.92 Å². The third kappa shape index (κ3) is 2.54. The minimum Gasteiger partial charge on any atom is -0.379 e. The quantitative estimate of drug-likeness (QED) is 0.930. The highest BCUT2D eigenvalue weighted by atomic mass is 79.9. The summed E-state index contributed by atoms with van der Waals surface area (Å²) in [7, 11) is 0. The smallest absolute Gasteiger partial charge is 0.283 e. The summed E-state index contributed by atoms with van der Waals surface area (Å²) in [5.74, 6) is 0. The largest absolute Gasteiger partial charge is 0.379 e. The monoisotopic (exact) mass is 299 g/mol. The predicted octanol–water partition coefficient (Wildman–Crippen LogP) is 2.63. The molecule has 1 aromatic rings. The molecule has 1 atom stereocenters. The predicted molar refractivity (Wildman–Crippen MR) is 72.3 cm³/mol. The van der Waals surface area contributed by atoms with E-state index in [4.69, 9.17) is 0 Å². The van der Waals surface area contributed by atoms with Crippen LogP contribution in [0.1, 0.15) is 33.6 Å². The zero-order valence-corrected chi connectivity index (χ0v) is 12.0. The average molecular weight is 300 g/mol. The Bertz CT molecular complexity index is 481. The molecule has 94 valence electrons. The van der Waals surface area contributed by atoms with Gasteiger partial charge in [0.25, 0.3) is 5.56 Å². The van der Waals surface area contributed by atoms with E-state index in [1.165, 1.54) is 4.68 Å². The standard InChI is InChI=1S/C12H18BrN3O/c1-4-5-16-11(17)10(13)8(7-14-16)15-9-6-12(9,2)3/h7,9,15H,4-6H2,1-3H3. The lowest BCUT2D eigenvalue weighted by Crippen LogP contribution is -2.25. The van der Waals surface area contributed by atoms with Crippen molar-refractivity contribution in [1.29, 1.82) is 0 Å². The molecule has 1 saturated carbocycles. The molecule has 0 aliphatic heterocycles. The van der Waals surface area contributed by atoms with Crippen molar-refractivity contribution in [3.8, 4) is 0 Å². The van der Waals surface area contributed by atoms with Crippen LogP contribution in [0.4, 0.5) is 5.69 Å². The number of nitrogens with zero attached hydrogens (tertiary/aromatic N) is 2. The van der Waals surface area contributed by atoms with E-state index in [1.54, 1.807) is 6.20 Å². The second-order valence-electron chi connectivity index (χ2n) is 5.29. The zero-order valence-electron chi connectivity index (χ0n) is 10.5. The molecule has 0 radical (unpaired) electrons. The van der Waals surface area contributed by atoms with Gasteiger partial charge in [-0.3, -0.25) is 4.79 Å². The maximum absolute atomic E-state index is 12.0. The molecular weight excluding hydrogens is 282 g/mol. The molecule has 1 heterocycles. The van der Waals surface area contributed by atoms with Crippen LogP contribution in [0.15, 0.2) is 15.5 Å². The van der Waals surface area contributed by atoms with Crippen molar-refractivity contribution < 1.29 is 0 Å². The summed E-state index contributed by atoms with van der Waals surface area (Å²) in [6.07, 6.45) is 3.77. The lowest BCUT2D eigenvalue weighted by molar-refractivity contribution is 0.565. The van der Waals surface area contributed by atoms with Crippen molar-refractivity contribution in [2.45, 2.75) is 46.2 Å². The Morgan fingerprint density at radius 2 is 2.29 bits per heavy atom. The number of aromatic nitrogens is 2. The second-order valence-corrected chi connectivity index (χ2v) is 6.08. The number of rotatable bonds is 4. The number of aryl methyl sites for hydroxylation is 1. The van der Waals surface area contributed by atoms with Gasteiger partial charge in [0.05, 0.1) is 11.9 Å². The van der Waals surface area contributed by atoms with Crippen molar-refractivity contribution in [3.63, 3.8) is 0 Å². The Labute approximate surface area is 110 Å². The molecule has 0 saturated heterocycles. The molecule has 1 aliphatic rings. The van der Waals surface area contributed by atoms with Crippen molar-refractivity contribution >= 4 is 21.6 Å². The SMILES string of the molecule is CCCn1ncc(NC2CC2(C)C)c(Br)c1=O. The summed E-state index contributed by atoms with van der Waals surface area (Å²) >= 11 is 3.36. The van der Waals surface area contributed by atoms with Crippen LogP contribution >= 0.6 is 15.9 Å². The van der Waals surface area contributed by atoms with Crippen molar-refractivity contribution in [1.82, 2.24) is 9.78 Å². The van der Waals surface area contributed by atoms with Gasteiger partial charge in [0.2, 0.25) is 0 Å². The van der Waals surface area contributed by atoms with Gasteiger partial charge in [-0.15, -0.1) is 0 Å². The molecule has 0 aromatic carbocycles. The van der Waals surface area contributed by atoms with E-state index in [2.05, 4.69) is 40.2 Å². The van der Waals surface area contributed by atoms with E-state index < -0.39 is 0 Å². The Morgan fingerprint density at radius 1 is 1.65 bits per heavy atom. The lowest BCUT2D eigenvalue weighted by Gasteiger charge is -2.11. The Balaban J connectivity index is 2.20. The van der Waals surface area contributed by atoms with Gasteiger partial charge < -0.3 is 5.32 Å². The highest BCUT2D eigenvalue weighted by Crippen LogP contribution is 2.46. The highest BCUT2D eigenvalue weighted by molar-refractivity contribution is 9.10. The van der Waals surface area contributed by atoms with Crippen LogP contribution in [0.25, 0.3) is 0 Å². The summed E-state index contributed by atoms with van der Waals surface area (Å²) in [4.78, 5) is 12.0. The number of hydrogen-bond donors (Lipinski definition) is 1. The number of nitrogens with one attached hydrogen (secondary N) is 1. The van der Waals surface area contributed by atoms with Gasteiger partial charge in [-0.2, -0.15) is 5.10 Å². The molecule has 1 unspecified atom stereocenters. The molecule has 17 heavy (non-hydrogen) atoms. The molecule has 1 fully saturated rings. The first-order chi connectivity index (χ1) is 7.95. The van der Waals surface area contributed by atoms with E-state index in [0.29, 0.717) is 22.5 Å². The number of halogens is 1. The van der Waals surface area contributed by atoms with Crippen molar-refractivity contribution in [2.75, 3.05) is 5.32 Å². The maximum atomic E-state index is 12.0. The van der Waals surface area contributed by atoms with E-state index in [9.17, 15) is 4.79 Å². The molecule has 4 nitrogen and oxygen atoms in total.